The summed E-state index contributed by atoms with van der Waals surface area (Å²) in [6.45, 7) is 4.98. The largest absolute Gasteiger partial charge is 0.480 e. The maximum Gasteiger partial charge on any atom is 0.317 e. The Morgan fingerprint density at radius 2 is 1.83 bits per heavy atom. The third kappa shape index (κ3) is 1.84. The van der Waals surface area contributed by atoms with Crippen LogP contribution in [0.4, 0.5) is 0 Å². The van der Waals surface area contributed by atoms with Gasteiger partial charge in [0.25, 0.3) is 0 Å². The lowest BCUT2D eigenvalue weighted by Crippen LogP contribution is -2.37. The number of aliphatic carboxylic acids is 1. The van der Waals surface area contributed by atoms with E-state index in [-0.39, 0.29) is 5.78 Å². The van der Waals surface area contributed by atoms with Gasteiger partial charge in [0.05, 0.1) is 0 Å². The molecule has 0 saturated heterocycles. The normalized spacial score (nSPS) is 15.2. The zero-order chi connectivity index (χ0) is 9.78. The second-order valence-corrected chi connectivity index (χ2v) is 3.05. The highest BCUT2D eigenvalue weighted by Gasteiger charge is 2.40. The highest BCUT2D eigenvalue weighted by Crippen LogP contribution is 2.29. The molecule has 0 saturated carbocycles. The van der Waals surface area contributed by atoms with Crippen molar-refractivity contribution < 1.29 is 14.7 Å². The Labute approximate surface area is 72.8 Å². The van der Waals surface area contributed by atoms with Crippen molar-refractivity contribution in [1.29, 1.82) is 0 Å². The van der Waals surface area contributed by atoms with Gasteiger partial charge < -0.3 is 5.11 Å². The molecule has 0 bridgehead atoms. The molecule has 70 valence electrons. The van der Waals surface area contributed by atoms with Crippen LogP contribution in [-0.4, -0.2) is 16.9 Å². The summed E-state index contributed by atoms with van der Waals surface area (Å²) >= 11 is 0. The van der Waals surface area contributed by atoms with Crippen molar-refractivity contribution >= 4 is 11.8 Å². The lowest BCUT2D eigenvalue weighted by atomic mass is 9.77. The monoisotopic (exact) mass is 172 g/mol. The average Bonchev–Trinajstić information content (AvgIpc) is 1.98. The van der Waals surface area contributed by atoms with E-state index < -0.39 is 11.4 Å². The number of carbonyl (C=O) groups excluding carboxylic acids is 1. The lowest BCUT2D eigenvalue weighted by molar-refractivity contribution is -0.155. The number of Topliss-reactive ketones (excluding diaryl/α,β-unsaturated/α-hetero) is 1. The number of carbonyl (C=O) groups is 2. The lowest BCUT2D eigenvalue weighted by Gasteiger charge is -2.24. The third-order valence-corrected chi connectivity index (χ3v) is 2.36. The van der Waals surface area contributed by atoms with Crippen LogP contribution in [0, 0.1) is 5.41 Å². The molecule has 0 aromatic heterocycles. The van der Waals surface area contributed by atoms with Crippen LogP contribution in [0.15, 0.2) is 0 Å². The van der Waals surface area contributed by atoms with Crippen molar-refractivity contribution in [3.05, 3.63) is 0 Å². The summed E-state index contributed by atoms with van der Waals surface area (Å²) in [7, 11) is 0. The summed E-state index contributed by atoms with van der Waals surface area (Å²) in [5, 5.41) is 8.90. The SMILES string of the molecule is CCCC(CC)(C(C)=O)C(=O)O. The minimum Gasteiger partial charge on any atom is -0.480 e. The van der Waals surface area contributed by atoms with E-state index in [0.717, 1.165) is 6.42 Å². The first-order valence-electron chi connectivity index (χ1n) is 4.25. The maximum absolute atomic E-state index is 11.1. The van der Waals surface area contributed by atoms with Gasteiger partial charge in [-0.2, -0.15) is 0 Å². The fourth-order valence-electron chi connectivity index (χ4n) is 1.44. The number of carboxylic acids is 1. The molecule has 0 fully saturated rings. The molecule has 0 rings (SSSR count). The molecular weight excluding hydrogens is 156 g/mol. The fraction of sp³-hybridized carbons (Fsp3) is 0.778. The predicted octanol–water partition coefficient (Wildman–Crippen LogP) is 1.86. The van der Waals surface area contributed by atoms with Gasteiger partial charge >= 0.3 is 5.97 Å². The molecule has 0 aliphatic heterocycles. The predicted molar refractivity (Wildman–Crippen MR) is 45.9 cm³/mol. The first kappa shape index (κ1) is 11.1. The van der Waals surface area contributed by atoms with Crippen molar-refractivity contribution in [2.45, 2.75) is 40.0 Å². The maximum atomic E-state index is 11.1. The van der Waals surface area contributed by atoms with Gasteiger partial charge in [0.15, 0.2) is 0 Å². The Bertz CT molecular complexity index is 170. The van der Waals surface area contributed by atoms with Crippen LogP contribution in [-0.2, 0) is 9.59 Å². The summed E-state index contributed by atoms with van der Waals surface area (Å²) in [5.74, 6) is -1.22. The summed E-state index contributed by atoms with van der Waals surface area (Å²) in [4.78, 5) is 22.0. The summed E-state index contributed by atoms with van der Waals surface area (Å²) in [6.07, 6.45) is 1.54. The average molecular weight is 172 g/mol. The molecule has 0 aliphatic rings. The Kier molecular flexibility index (Phi) is 3.93. The van der Waals surface area contributed by atoms with Crippen molar-refractivity contribution in [3.63, 3.8) is 0 Å². The van der Waals surface area contributed by atoms with Crippen molar-refractivity contribution in [2.24, 2.45) is 5.41 Å². The van der Waals surface area contributed by atoms with Crippen LogP contribution in [0.5, 0.6) is 0 Å². The molecule has 1 atom stereocenters. The van der Waals surface area contributed by atoms with Crippen LogP contribution in [0.2, 0.25) is 0 Å². The smallest absolute Gasteiger partial charge is 0.317 e. The minimum atomic E-state index is -1.13. The van der Waals surface area contributed by atoms with E-state index in [1.807, 2.05) is 6.92 Å². The van der Waals surface area contributed by atoms with Crippen LogP contribution < -0.4 is 0 Å². The molecule has 0 aromatic rings. The molecule has 1 N–H and O–H groups in total. The standard InChI is InChI=1S/C9H16O3/c1-4-6-9(5-2,7(3)10)8(11)12/h4-6H2,1-3H3,(H,11,12). The van der Waals surface area contributed by atoms with E-state index >= 15 is 0 Å². The quantitative estimate of drug-likeness (QED) is 0.644. The molecule has 12 heavy (non-hydrogen) atoms. The Morgan fingerprint density at radius 3 is 1.92 bits per heavy atom. The number of rotatable bonds is 5. The summed E-state index contributed by atoms with van der Waals surface area (Å²) in [5.41, 5.74) is -1.13. The molecular formula is C9H16O3. The number of hydrogen-bond acceptors (Lipinski definition) is 2. The zero-order valence-electron chi connectivity index (χ0n) is 7.89. The van der Waals surface area contributed by atoms with Gasteiger partial charge in [0.2, 0.25) is 0 Å². The Balaban J connectivity index is 4.76. The number of carboxylic acid groups (broad SMARTS) is 1. The van der Waals surface area contributed by atoms with E-state index in [1.54, 1.807) is 6.92 Å². The van der Waals surface area contributed by atoms with E-state index in [4.69, 9.17) is 5.11 Å². The van der Waals surface area contributed by atoms with Crippen LogP contribution >= 0.6 is 0 Å². The molecule has 3 heteroatoms. The van der Waals surface area contributed by atoms with E-state index in [2.05, 4.69) is 0 Å². The molecule has 0 spiro atoms. The van der Waals surface area contributed by atoms with E-state index in [0.29, 0.717) is 12.8 Å². The first-order valence-corrected chi connectivity index (χ1v) is 4.25. The van der Waals surface area contributed by atoms with Gasteiger partial charge in [-0.1, -0.05) is 20.3 Å². The van der Waals surface area contributed by atoms with Crippen molar-refractivity contribution in [3.8, 4) is 0 Å². The Hall–Kier alpha value is -0.860. The highest BCUT2D eigenvalue weighted by molar-refractivity contribution is 6.01. The highest BCUT2D eigenvalue weighted by atomic mass is 16.4. The van der Waals surface area contributed by atoms with E-state index in [9.17, 15) is 9.59 Å². The molecule has 0 radical (unpaired) electrons. The van der Waals surface area contributed by atoms with Crippen molar-refractivity contribution in [2.75, 3.05) is 0 Å². The van der Waals surface area contributed by atoms with Gasteiger partial charge in [0.1, 0.15) is 11.2 Å². The van der Waals surface area contributed by atoms with Gasteiger partial charge in [0, 0.05) is 0 Å². The summed E-state index contributed by atoms with van der Waals surface area (Å²) < 4.78 is 0. The van der Waals surface area contributed by atoms with Gasteiger partial charge in [-0.05, 0) is 19.8 Å². The number of hydrogen-bond donors (Lipinski definition) is 1. The Morgan fingerprint density at radius 1 is 1.33 bits per heavy atom. The zero-order valence-corrected chi connectivity index (χ0v) is 7.89. The molecule has 1 unspecified atom stereocenters. The second kappa shape index (κ2) is 4.24. The second-order valence-electron chi connectivity index (χ2n) is 3.05. The van der Waals surface area contributed by atoms with Gasteiger partial charge in [-0.3, -0.25) is 9.59 Å². The minimum absolute atomic E-state index is 0.237. The van der Waals surface area contributed by atoms with Crippen molar-refractivity contribution in [1.82, 2.24) is 0 Å². The number of ketones is 1. The topological polar surface area (TPSA) is 54.4 Å². The third-order valence-electron chi connectivity index (χ3n) is 2.36. The first-order chi connectivity index (χ1) is 5.51. The van der Waals surface area contributed by atoms with Crippen LogP contribution in [0.1, 0.15) is 40.0 Å². The molecule has 0 amide bonds. The van der Waals surface area contributed by atoms with Crippen LogP contribution in [0.3, 0.4) is 0 Å². The summed E-state index contributed by atoms with van der Waals surface area (Å²) in [6, 6.07) is 0. The molecule has 0 heterocycles. The van der Waals surface area contributed by atoms with Crippen LogP contribution in [0.25, 0.3) is 0 Å². The molecule has 0 aliphatic carbocycles. The van der Waals surface area contributed by atoms with Gasteiger partial charge in [-0.25, -0.2) is 0 Å². The molecule has 3 nitrogen and oxygen atoms in total. The molecule has 0 aromatic carbocycles. The van der Waals surface area contributed by atoms with Gasteiger partial charge in [-0.15, -0.1) is 0 Å². The fourth-order valence-corrected chi connectivity index (χ4v) is 1.44. The van der Waals surface area contributed by atoms with E-state index in [1.165, 1.54) is 6.92 Å².